The summed E-state index contributed by atoms with van der Waals surface area (Å²) in [6, 6.07) is 1.21. The number of aromatic amines is 1. The highest BCUT2D eigenvalue weighted by Gasteiger charge is 2.09. The fraction of sp³-hybridized carbons (Fsp3) is 0.111. The summed E-state index contributed by atoms with van der Waals surface area (Å²) in [5.41, 5.74) is -0.570. The van der Waals surface area contributed by atoms with Crippen molar-refractivity contribution in [1.29, 1.82) is 0 Å². The molecule has 0 atom stereocenters. The van der Waals surface area contributed by atoms with E-state index in [4.69, 9.17) is 5.11 Å². The first-order valence-electron chi connectivity index (χ1n) is 4.54. The van der Waals surface area contributed by atoms with Crippen LogP contribution in [0.1, 0.15) is 15.5 Å². The molecule has 0 aliphatic heterocycles. The molecule has 2 aromatic rings. The molecule has 7 nitrogen and oxygen atoms in total. The summed E-state index contributed by atoms with van der Waals surface area (Å²) in [5.74, 6) is -1.10. The van der Waals surface area contributed by atoms with Gasteiger partial charge in [0.2, 0.25) is 5.01 Å². The predicted molar refractivity (Wildman–Crippen MR) is 59.5 cm³/mol. The average molecular weight is 253 g/mol. The van der Waals surface area contributed by atoms with E-state index in [9.17, 15) is 14.4 Å². The second-order valence-corrected chi connectivity index (χ2v) is 4.05. The smallest absolute Gasteiger partial charge is 0.365 e. The highest BCUT2D eigenvalue weighted by molar-refractivity contribution is 7.11. The third-order valence-corrected chi connectivity index (χ3v) is 2.84. The third kappa shape index (κ3) is 2.48. The van der Waals surface area contributed by atoms with Crippen molar-refractivity contribution in [3.8, 4) is 0 Å². The maximum absolute atomic E-state index is 11.4. The van der Waals surface area contributed by atoms with E-state index < -0.39 is 17.2 Å². The Balaban J connectivity index is 2.28. The van der Waals surface area contributed by atoms with Crippen molar-refractivity contribution >= 4 is 17.3 Å². The summed E-state index contributed by atoms with van der Waals surface area (Å²) in [6.45, 7) is 0.124. The van der Waals surface area contributed by atoms with Crippen LogP contribution in [0.5, 0.6) is 0 Å². The van der Waals surface area contributed by atoms with Crippen LogP contribution < -0.4 is 11.2 Å². The molecule has 0 fully saturated rings. The largest absolute Gasteiger partial charge is 0.476 e. The lowest BCUT2D eigenvalue weighted by molar-refractivity contribution is 0.0696. The Kier molecular flexibility index (Phi) is 2.88. The molecule has 2 aromatic heterocycles. The SMILES string of the molecule is O=C(O)c1nc(Cn2ccc(=O)[nH]c2=O)cs1. The van der Waals surface area contributed by atoms with Gasteiger partial charge in [-0.15, -0.1) is 11.3 Å². The van der Waals surface area contributed by atoms with Gasteiger partial charge in [0.05, 0.1) is 12.2 Å². The van der Waals surface area contributed by atoms with Gasteiger partial charge in [0.15, 0.2) is 0 Å². The molecule has 0 aromatic carbocycles. The van der Waals surface area contributed by atoms with E-state index in [2.05, 4.69) is 9.97 Å². The maximum Gasteiger partial charge on any atom is 0.365 e. The normalized spacial score (nSPS) is 10.4. The summed E-state index contributed by atoms with van der Waals surface area (Å²) < 4.78 is 1.24. The first-order valence-corrected chi connectivity index (χ1v) is 5.41. The lowest BCUT2D eigenvalue weighted by Gasteiger charge is -2.00. The number of aromatic nitrogens is 3. The summed E-state index contributed by atoms with van der Waals surface area (Å²) in [6.07, 6.45) is 1.33. The van der Waals surface area contributed by atoms with Crippen molar-refractivity contribution in [1.82, 2.24) is 14.5 Å². The fourth-order valence-corrected chi connectivity index (χ4v) is 1.87. The minimum absolute atomic E-state index is 0.0301. The quantitative estimate of drug-likeness (QED) is 0.784. The number of aromatic carboxylic acids is 1. The van der Waals surface area contributed by atoms with Gasteiger partial charge < -0.3 is 5.11 Å². The number of hydrogen-bond donors (Lipinski definition) is 2. The summed E-state index contributed by atoms with van der Waals surface area (Å²) in [5, 5.41) is 10.2. The molecular formula is C9H7N3O4S. The van der Waals surface area contributed by atoms with Crippen LogP contribution in [0, 0.1) is 0 Å². The molecule has 0 amide bonds. The monoisotopic (exact) mass is 253 g/mol. The van der Waals surface area contributed by atoms with E-state index in [0.717, 1.165) is 11.3 Å². The standard InChI is InChI=1S/C9H7N3O4S/c13-6-1-2-12(9(16)11-6)3-5-4-17-7(10-5)8(14)15/h1-2,4H,3H2,(H,14,15)(H,11,13,16). The molecule has 0 aliphatic carbocycles. The number of thiazole rings is 1. The van der Waals surface area contributed by atoms with Crippen LogP contribution in [0.3, 0.4) is 0 Å². The molecule has 0 unspecified atom stereocenters. The van der Waals surface area contributed by atoms with Gasteiger partial charge in [-0.25, -0.2) is 14.6 Å². The Morgan fingerprint density at radius 2 is 2.29 bits per heavy atom. The predicted octanol–water partition coefficient (Wildman–Crippen LogP) is -0.260. The van der Waals surface area contributed by atoms with E-state index >= 15 is 0 Å². The molecule has 0 aliphatic rings. The van der Waals surface area contributed by atoms with Crippen LogP contribution in [0.15, 0.2) is 27.2 Å². The highest BCUT2D eigenvalue weighted by Crippen LogP contribution is 2.09. The molecule has 2 rings (SSSR count). The number of hydrogen-bond acceptors (Lipinski definition) is 5. The molecular weight excluding hydrogens is 246 g/mol. The Labute approximate surface area is 98.0 Å². The molecule has 0 bridgehead atoms. The molecule has 0 radical (unpaired) electrons. The zero-order valence-electron chi connectivity index (χ0n) is 8.41. The molecule has 8 heteroatoms. The van der Waals surface area contributed by atoms with Gasteiger partial charge in [-0.1, -0.05) is 0 Å². The topological polar surface area (TPSA) is 105 Å². The van der Waals surface area contributed by atoms with Gasteiger partial charge in [0.25, 0.3) is 5.56 Å². The number of carboxylic acid groups (broad SMARTS) is 1. The minimum atomic E-state index is -1.10. The van der Waals surface area contributed by atoms with Crippen LogP contribution in [0.4, 0.5) is 0 Å². The van der Waals surface area contributed by atoms with Gasteiger partial charge >= 0.3 is 11.7 Å². The number of nitrogens with zero attached hydrogens (tertiary/aromatic N) is 2. The lowest BCUT2D eigenvalue weighted by Crippen LogP contribution is -2.28. The van der Waals surface area contributed by atoms with Crippen molar-refractivity contribution in [2.75, 3.05) is 0 Å². The van der Waals surface area contributed by atoms with Crippen molar-refractivity contribution in [3.05, 3.63) is 49.2 Å². The van der Waals surface area contributed by atoms with Crippen LogP contribution in [-0.4, -0.2) is 25.6 Å². The summed E-state index contributed by atoms with van der Waals surface area (Å²) >= 11 is 0.988. The Morgan fingerprint density at radius 3 is 2.88 bits per heavy atom. The highest BCUT2D eigenvalue weighted by atomic mass is 32.1. The van der Waals surface area contributed by atoms with E-state index in [-0.39, 0.29) is 11.6 Å². The molecule has 0 spiro atoms. The second-order valence-electron chi connectivity index (χ2n) is 3.19. The van der Waals surface area contributed by atoms with Crippen LogP contribution in [0.2, 0.25) is 0 Å². The van der Waals surface area contributed by atoms with Gasteiger partial charge in [-0.3, -0.25) is 14.3 Å². The average Bonchev–Trinajstić information content (AvgIpc) is 2.71. The van der Waals surface area contributed by atoms with E-state index in [1.165, 1.54) is 16.8 Å². The summed E-state index contributed by atoms with van der Waals surface area (Å²) in [7, 11) is 0. The van der Waals surface area contributed by atoms with Gasteiger partial charge in [-0.05, 0) is 0 Å². The van der Waals surface area contributed by atoms with Gasteiger partial charge in [-0.2, -0.15) is 0 Å². The molecule has 2 heterocycles. The first kappa shape index (κ1) is 11.3. The van der Waals surface area contributed by atoms with Gasteiger partial charge in [0, 0.05) is 17.6 Å². The van der Waals surface area contributed by atoms with E-state index in [1.54, 1.807) is 5.38 Å². The van der Waals surface area contributed by atoms with E-state index in [0.29, 0.717) is 5.69 Å². The third-order valence-electron chi connectivity index (χ3n) is 1.96. The molecule has 88 valence electrons. The number of nitrogens with one attached hydrogen (secondary N) is 1. The Bertz CT molecular complexity index is 669. The van der Waals surface area contributed by atoms with Crippen LogP contribution >= 0.6 is 11.3 Å². The molecule has 0 saturated heterocycles. The second kappa shape index (κ2) is 4.34. The lowest BCUT2D eigenvalue weighted by atomic mass is 10.4. The van der Waals surface area contributed by atoms with Crippen molar-refractivity contribution in [2.45, 2.75) is 6.54 Å². The zero-order chi connectivity index (χ0) is 12.4. The zero-order valence-corrected chi connectivity index (χ0v) is 9.23. The minimum Gasteiger partial charge on any atom is -0.476 e. The van der Waals surface area contributed by atoms with Crippen LogP contribution in [-0.2, 0) is 6.54 Å². The van der Waals surface area contributed by atoms with Gasteiger partial charge in [0.1, 0.15) is 0 Å². The fourth-order valence-electron chi connectivity index (χ4n) is 1.22. The van der Waals surface area contributed by atoms with Crippen molar-refractivity contribution < 1.29 is 9.90 Å². The number of carbonyl (C=O) groups is 1. The van der Waals surface area contributed by atoms with E-state index in [1.807, 2.05) is 0 Å². The summed E-state index contributed by atoms with van der Waals surface area (Å²) in [4.78, 5) is 38.7. The Morgan fingerprint density at radius 1 is 1.53 bits per heavy atom. The van der Waals surface area contributed by atoms with Crippen molar-refractivity contribution in [2.24, 2.45) is 0 Å². The first-order chi connectivity index (χ1) is 8.06. The van der Waals surface area contributed by atoms with Crippen LogP contribution in [0.25, 0.3) is 0 Å². The number of carboxylic acids is 1. The number of rotatable bonds is 3. The molecule has 2 N–H and O–H groups in total. The molecule has 0 saturated carbocycles. The van der Waals surface area contributed by atoms with Crippen molar-refractivity contribution in [3.63, 3.8) is 0 Å². The Hall–Kier alpha value is -2.22. The molecule has 17 heavy (non-hydrogen) atoms. The number of H-pyrrole nitrogens is 1. The maximum atomic E-state index is 11.4.